The molecule has 0 spiro atoms. The highest BCUT2D eigenvalue weighted by atomic mass is 32.2. The maximum absolute atomic E-state index is 12.1. The van der Waals surface area contributed by atoms with E-state index in [1.807, 2.05) is 0 Å². The highest BCUT2D eigenvalue weighted by Gasteiger charge is 2.51. The van der Waals surface area contributed by atoms with Crippen molar-refractivity contribution in [3.63, 3.8) is 0 Å². The summed E-state index contributed by atoms with van der Waals surface area (Å²) in [5.74, 6) is -0.320. The number of rotatable bonds is 1. The number of amides is 1. The van der Waals surface area contributed by atoms with Crippen molar-refractivity contribution in [3.05, 3.63) is 0 Å². The van der Waals surface area contributed by atoms with Crippen LogP contribution in [-0.4, -0.2) is 36.5 Å². The van der Waals surface area contributed by atoms with Gasteiger partial charge in [-0.3, -0.25) is 4.79 Å². The zero-order chi connectivity index (χ0) is 12.8. The molecule has 0 bridgehead atoms. The molecular weight excluding hydrogens is 240 g/mol. The third-order valence-electron chi connectivity index (χ3n) is 3.70. The monoisotopic (exact) mass is 260 g/mol. The van der Waals surface area contributed by atoms with Crippen LogP contribution in [0.4, 0.5) is 0 Å². The summed E-state index contributed by atoms with van der Waals surface area (Å²) in [6, 6.07) is -0.0197. The van der Waals surface area contributed by atoms with E-state index in [0.29, 0.717) is 12.8 Å². The molecule has 0 aromatic carbocycles. The van der Waals surface area contributed by atoms with Crippen molar-refractivity contribution in [2.45, 2.75) is 51.6 Å². The lowest BCUT2D eigenvalue weighted by molar-refractivity contribution is -0.134. The lowest BCUT2D eigenvalue weighted by Gasteiger charge is -2.32. The Morgan fingerprint density at radius 1 is 1.24 bits per heavy atom. The first-order valence-electron chi connectivity index (χ1n) is 6.06. The molecule has 1 heterocycles. The van der Waals surface area contributed by atoms with Gasteiger partial charge in [0.15, 0.2) is 0 Å². The zero-order valence-electron chi connectivity index (χ0n) is 10.3. The molecule has 6 heteroatoms. The Balaban J connectivity index is 2.23. The molecule has 1 amide bonds. The Morgan fingerprint density at radius 2 is 1.76 bits per heavy atom. The standard InChI is InChI=1S/C11H20N2O3S/c1-11(2)7-17(15,16)13(10(11)14)9-5-3-8(12)4-6-9/h8-9H,3-7,12H2,1-2H3. The molecule has 2 fully saturated rings. The summed E-state index contributed by atoms with van der Waals surface area (Å²) in [6.07, 6.45) is 2.99. The molecule has 1 saturated heterocycles. The van der Waals surface area contributed by atoms with E-state index in [1.165, 1.54) is 0 Å². The highest BCUT2D eigenvalue weighted by molar-refractivity contribution is 7.90. The van der Waals surface area contributed by atoms with Gasteiger partial charge < -0.3 is 5.73 Å². The van der Waals surface area contributed by atoms with Gasteiger partial charge in [-0.05, 0) is 39.5 Å². The maximum atomic E-state index is 12.1. The third kappa shape index (κ3) is 2.20. The molecule has 0 aromatic heterocycles. The Labute approximate surface area is 102 Å². The molecule has 0 atom stereocenters. The fraction of sp³-hybridized carbons (Fsp3) is 0.909. The minimum absolute atomic E-state index is 0.0681. The molecule has 0 radical (unpaired) electrons. The van der Waals surface area contributed by atoms with E-state index >= 15 is 0 Å². The Bertz CT molecular complexity index is 422. The van der Waals surface area contributed by atoms with Gasteiger partial charge in [-0.2, -0.15) is 0 Å². The van der Waals surface area contributed by atoms with E-state index in [4.69, 9.17) is 5.73 Å². The lowest BCUT2D eigenvalue weighted by atomic mass is 9.89. The summed E-state index contributed by atoms with van der Waals surface area (Å²) in [7, 11) is -3.42. The van der Waals surface area contributed by atoms with Gasteiger partial charge >= 0.3 is 0 Å². The number of sulfonamides is 1. The van der Waals surface area contributed by atoms with Gasteiger partial charge in [-0.15, -0.1) is 0 Å². The fourth-order valence-corrected chi connectivity index (χ4v) is 5.08. The van der Waals surface area contributed by atoms with Gasteiger partial charge in [0, 0.05) is 12.1 Å². The topological polar surface area (TPSA) is 80.5 Å². The van der Waals surface area contributed by atoms with E-state index < -0.39 is 15.4 Å². The number of hydrogen-bond acceptors (Lipinski definition) is 4. The number of nitrogens with zero attached hydrogens (tertiary/aromatic N) is 1. The Hall–Kier alpha value is -0.620. The van der Waals surface area contributed by atoms with Crippen molar-refractivity contribution in [2.24, 2.45) is 11.1 Å². The van der Waals surface area contributed by atoms with Crippen LogP contribution in [0, 0.1) is 5.41 Å². The molecule has 2 rings (SSSR count). The predicted molar refractivity (Wildman–Crippen MR) is 64.6 cm³/mol. The first-order valence-corrected chi connectivity index (χ1v) is 7.67. The minimum atomic E-state index is -3.42. The molecule has 1 saturated carbocycles. The van der Waals surface area contributed by atoms with Crippen LogP contribution in [0.1, 0.15) is 39.5 Å². The van der Waals surface area contributed by atoms with Crippen LogP contribution in [0.5, 0.6) is 0 Å². The summed E-state index contributed by atoms with van der Waals surface area (Å²) < 4.78 is 25.2. The van der Waals surface area contributed by atoms with Gasteiger partial charge in [-0.25, -0.2) is 12.7 Å². The average molecular weight is 260 g/mol. The highest BCUT2D eigenvalue weighted by Crippen LogP contribution is 2.36. The van der Waals surface area contributed by atoms with Gasteiger partial charge in [0.2, 0.25) is 15.9 Å². The van der Waals surface area contributed by atoms with Gasteiger partial charge in [0.05, 0.1) is 11.2 Å². The average Bonchev–Trinajstić information content (AvgIpc) is 2.34. The number of nitrogens with two attached hydrogens (primary N) is 1. The molecule has 1 aliphatic heterocycles. The summed E-state index contributed by atoms with van der Waals surface area (Å²) in [6.45, 7) is 3.39. The third-order valence-corrected chi connectivity index (χ3v) is 5.84. The Kier molecular flexibility index (Phi) is 2.98. The van der Waals surface area contributed by atoms with E-state index in [-0.39, 0.29) is 23.7 Å². The van der Waals surface area contributed by atoms with E-state index in [0.717, 1.165) is 17.1 Å². The minimum Gasteiger partial charge on any atom is -0.328 e. The maximum Gasteiger partial charge on any atom is 0.243 e. The van der Waals surface area contributed by atoms with Crippen molar-refractivity contribution in [1.82, 2.24) is 4.31 Å². The largest absolute Gasteiger partial charge is 0.328 e. The summed E-state index contributed by atoms with van der Waals surface area (Å²) >= 11 is 0. The van der Waals surface area contributed by atoms with Crippen LogP contribution in [0.2, 0.25) is 0 Å². The van der Waals surface area contributed by atoms with E-state index in [9.17, 15) is 13.2 Å². The predicted octanol–water partition coefficient (Wildman–Crippen LogP) is 0.454. The molecule has 0 aromatic rings. The number of carbonyl (C=O) groups is 1. The van der Waals surface area contributed by atoms with Crippen LogP contribution in [0.25, 0.3) is 0 Å². The molecule has 2 N–H and O–H groups in total. The summed E-state index contributed by atoms with van der Waals surface area (Å²) in [5, 5.41) is 0. The summed E-state index contributed by atoms with van der Waals surface area (Å²) in [4.78, 5) is 12.1. The van der Waals surface area contributed by atoms with E-state index in [2.05, 4.69) is 0 Å². The van der Waals surface area contributed by atoms with E-state index in [1.54, 1.807) is 13.8 Å². The second-order valence-corrected chi connectivity index (χ2v) is 7.66. The molecule has 17 heavy (non-hydrogen) atoms. The van der Waals surface area contributed by atoms with Gasteiger partial charge in [0.25, 0.3) is 0 Å². The SMILES string of the molecule is CC1(C)CS(=O)(=O)N(C2CCC(N)CC2)C1=O. The van der Waals surface area contributed by atoms with Crippen molar-refractivity contribution < 1.29 is 13.2 Å². The van der Waals surface area contributed by atoms with Gasteiger partial charge in [-0.1, -0.05) is 0 Å². The summed E-state index contributed by atoms with van der Waals surface area (Å²) in [5.41, 5.74) is 5.02. The molecule has 2 aliphatic rings. The quantitative estimate of drug-likeness (QED) is 0.742. The number of carbonyl (C=O) groups excluding carboxylic acids is 1. The van der Waals surface area contributed by atoms with Crippen LogP contribution >= 0.6 is 0 Å². The van der Waals surface area contributed by atoms with Crippen molar-refractivity contribution in [1.29, 1.82) is 0 Å². The van der Waals surface area contributed by atoms with Crippen LogP contribution < -0.4 is 5.73 Å². The van der Waals surface area contributed by atoms with Crippen LogP contribution in [0.15, 0.2) is 0 Å². The smallest absolute Gasteiger partial charge is 0.243 e. The lowest BCUT2D eigenvalue weighted by Crippen LogP contribution is -2.45. The normalized spacial score (nSPS) is 36.2. The molecular formula is C11H20N2O3S. The van der Waals surface area contributed by atoms with Crippen LogP contribution in [0.3, 0.4) is 0 Å². The Morgan fingerprint density at radius 3 is 2.18 bits per heavy atom. The molecule has 1 aliphatic carbocycles. The molecule has 0 unspecified atom stereocenters. The number of hydrogen-bond donors (Lipinski definition) is 1. The molecule has 5 nitrogen and oxygen atoms in total. The zero-order valence-corrected chi connectivity index (χ0v) is 11.2. The second-order valence-electron chi connectivity index (χ2n) is 5.81. The second kappa shape index (κ2) is 3.95. The van der Waals surface area contributed by atoms with Gasteiger partial charge in [0.1, 0.15) is 0 Å². The van der Waals surface area contributed by atoms with Crippen molar-refractivity contribution in [2.75, 3.05) is 5.75 Å². The molecule has 98 valence electrons. The van der Waals surface area contributed by atoms with Crippen molar-refractivity contribution in [3.8, 4) is 0 Å². The van der Waals surface area contributed by atoms with Crippen LogP contribution in [-0.2, 0) is 14.8 Å². The first kappa shape index (κ1) is 12.8. The van der Waals surface area contributed by atoms with Crippen molar-refractivity contribution >= 4 is 15.9 Å². The first-order chi connectivity index (χ1) is 7.74. The fourth-order valence-electron chi connectivity index (χ4n) is 2.74.